The Hall–Kier alpha value is -0.720. The van der Waals surface area contributed by atoms with Gasteiger partial charge in [0.1, 0.15) is 6.79 Å². The summed E-state index contributed by atoms with van der Waals surface area (Å²) < 4.78 is 15.8. The lowest BCUT2D eigenvalue weighted by Crippen LogP contribution is -2.40. The van der Waals surface area contributed by atoms with Gasteiger partial charge in [-0.25, -0.2) is 0 Å². The van der Waals surface area contributed by atoms with Gasteiger partial charge < -0.3 is 14.2 Å². The Morgan fingerprint density at radius 2 is 1.95 bits per heavy atom. The number of rotatable bonds is 9. The fourth-order valence-electron chi connectivity index (χ4n) is 2.95. The van der Waals surface area contributed by atoms with Gasteiger partial charge in [-0.15, -0.1) is 0 Å². The van der Waals surface area contributed by atoms with E-state index in [-0.39, 0.29) is 35.0 Å². The van der Waals surface area contributed by atoms with Crippen LogP contribution in [0.15, 0.2) is 0 Å². The Kier molecular flexibility index (Phi) is 6.36. The van der Waals surface area contributed by atoms with E-state index >= 15 is 0 Å². The fraction of sp³-hybridized carbons (Fsp3) is 1.00. The number of hydrogen-bond acceptors (Lipinski definition) is 5. The maximum Gasteiger partial charge on any atom is 0.207 e. The minimum absolute atomic E-state index is 0.0434. The Morgan fingerprint density at radius 1 is 1.25 bits per heavy atom. The van der Waals surface area contributed by atoms with Crippen LogP contribution in [0.5, 0.6) is 0 Å². The van der Waals surface area contributed by atoms with Gasteiger partial charge in [0.2, 0.25) is 6.54 Å². The molecule has 2 atom stereocenters. The van der Waals surface area contributed by atoms with Gasteiger partial charge in [-0.1, -0.05) is 20.8 Å². The summed E-state index contributed by atoms with van der Waals surface area (Å²) in [6.45, 7) is 8.31. The van der Waals surface area contributed by atoms with Crippen molar-refractivity contribution in [2.45, 2.75) is 33.6 Å². The van der Waals surface area contributed by atoms with Crippen molar-refractivity contribution in [3.05, 3.63) is 10.1 Å². The lowest BCUT2D eigenvalue weighted by Gasteiger charge is -2.40. The third-order valence-electron chi connectivity index (χ3n) is 5.01. The van der Waals surface area contributed by atoms with Gasteiger partial charge in [0.25, 0.3) is 0 Å². The summed E-state index contributed by atoms with van der Waals surface area (Å²) in [7, 11) is 1.63. The van der Waals surface area contributed by atoms with Crippen LogP contribution in [-0.2, 0) is 14.2 Å². The van der Waals surface area contributed by atoms with Crippen LogP contribution in [-0.4, -0.2) is 45.2 Å². The number of ether oxygens (including phenoxy) is 3. The lowest BCUT2D eigenvalue weighted by molar-refractivity contribution is -0.491. The quantitative estimate of drug-likeness (QED) is 0.282. The van der Waals surface area contributed by atoms with E-state index in [1.54, 1.807) is 7.11 Å². The highest BCUT2D eigenvalue weighted by Crippen LogP contribution is 2.55. The zero-order chi connectivity index (χ0) is 15.2. The van der Waals surface area contributed by atoms with Gasteiger partial charge in [-0.3, -0.25) is 10.1 Å². The first kappa shape index (κ1) is 17.3. The minimum Gasteiger partial charge on any atom is -0.382 e. The Balaban J connectivity index is 2.42. The summed E-state index contributed by atoms with van der Waals surface area (Å²) in [4.78, 5) is 10.6. The zero-order valence-corrected chi connectivity index (χ0v) is 13.0. The molecule has 0 bridgehead atoms. The van der Waals surface area contributed by atoms with Crippen LogP contribution < -0.4 is 0 Å². The average Bonchev–Trinajstić information content (AvgIpc) is 2.57. The summed E-state index contributed by atoms with van der Waals surface area (Å²) in [6.07, 6.45) is 1.84. The molecule has 0 saturated heterocycles. The zero-order valence-electron chi connectivity index (χ0n) is 13.0. The van der Waals surface area contributed by atoms with Crippen molar-refractivity contribution in [2.24, 2.45) is 16.7 Å². The molecule has 118 valence electrons. The van der Waals surface area contributed by atoms with Crippen molar-refractivity contribution >= 4 is 0 Å². The molecule has 0 heterocycles. The molecule has 0 aromatic carbocycles. The Labute approximate surface area is 120 Å². The molecule has 6 nitrogen and oxygen atoms in total. The number of hydrogen-bond donors (Lipinski definition) is 0. The maximum absolute atomic E-state index is 10.8. The van der Waals surface area contributed by atoms with Crippen LogP contribution >= 0.6 is 0 Å². The summed E-state index contributed by atoms with van der Waals surface area (Å²) in [6, 6.07) is 0. The molecule has 0 unspecified atom stereocenters. The molecule has 0 aromatic rings. The van der Waals surface area contributed by atoms with Crippen molar-refractivity contribution in [2.75, 3.05) is 40.3 Å². The van der Waals surface area contributed by atoms with Crippen LogP contribution in [0.1, 0.15) is 33.6 Å². The average molecular weight is 289 g/mol. The highest BCUT2D eigenvalue weighted by molar-refractivity contribution is 4.99. The highest BCUT2D eigenvalue weighted by atomic mass is 16.7. The predicted octanol–water partition coefficient (Wildman–Crippen LogP) is 2.34. The third kappa shape index (κ3) is 4.14. The summed E-state index contributed by atoms with van der Waals surface area (Å²) in [5.74, 6) is 0.112. The van der Waals surface area contributed by atoms with Crippen molar-refractivity contribution < 1.29 is 19.1 Å². The van der Waals surface area contributed by atoms with Gasteiger partial charge in [-0.2, -0.15) is 0 Å². The van der Waals surface area contributed by atoms with Gasteiger partial charge in [0.15, 0.2) is 0 Å². The van der Waals surface area contributed by atoms with Crippen molar-refractivity contribution in [1.29, 1.82) is 0 Å². The molecule has 1 saturated carbocycles. The number of nitrogens with zero attached hydrogens (tertiary/aromatic N) is 1. The molecular weight excluding hydrogens is 262 g/mol. The first-order valence-corrected chi connectivity index (χ1v) is 7.10. The topological polar surface area (TPSA) is 70.8 Å². The molecular formula is C14H27NO5. The van der Waals surface area contributed by atoms with Gasteiger partial charge in [-0.05, 0) is 23.7 Å². The second-order valence-corrected chi connectivity index (χ2v) is 6.40. The summed E-state index contributed by atoms with van der Waals surface area (Å²) in [5, 5.41) is 10.8. The van der Waals surface area contributed by atoms with E-state index < -0.39 is 0 Å². The van der Waals surface area contributed by atoms with Crippen molar-refractivity contribution in [3.8, 4) is 0 Å². The maximum atomic E-state index is 10.8. The van der Waals surface area contributed by atoms with E-state index in [0.29, 0.717) is 19.8 Å². The molecule has 1 rings (SSSR count). The largest absolute Gasteiger partial charge is 0.382 e. The number of methoxy groups -OCH3 is 1. The van der Waals surface area contributed by atoms with Crippen LogP contribution in [0.3, 0.4) is 0 Å². The van der Waals surface area contributed by atoms with E-state index in [9.17, 15) is 10.1 Å². The highest BCUT2D eigenvalue weighted by Gasteiger charge is 2.53. The van der Waals surface area contributed by atoms with Crippen LogP contribution in [0.4, 0.5) is 0 Å². The lowest BCUT2D eigenvalue weighted by atomic mass is 9.66. The molecule has 6 heteroatoms. The molecule has 1 fully saturated rings. The van der Waals surface area contributed by atoms with Crippen molar-refractivity contribution in [3.63, 3.8) is 0 Å². The molecule has 0 N–H and O–H groups in total. The van der Waals surface area contributed by atoms with E-state index in [1.165, 1.54) is 0 Å². The van der Waals surface area contributed by atoms with E-state index in [4.69, 9.17) is 14.2 Å². The Bertz CT molecular complexity index is 321. The predicted molar refractivity (Wildman–Crippen MR) is 75.1 cm³/mol. The van der Waals surface area contributed by atoms with Gasteiger partial charge >= 0.3 is 0 Å². The molecule has 0 spiro atoms. The molecule has 1 aliphatic rings. The minimum atomic E-state index is -0.202. The number of nitro groups is 1. The van der Waals surface area contributed by atoms with Crippen LogP contribution in [0.25, 0.3) is 0 Å². The van der Waals surface area contributed by atoms with Crippen LogP contribution in [0.2, 0.25) is 0 Å². The van der Waals surface area contributed by atoms with Crippen molar-refractivity contribution in [1.82, 2.24) is 0 Å². The fourth-order valence-corrected chi connectivity index (χ4v) is 2.95. The normalized spacial score (nSPS) is 28.7. The smallest absolute Gasteiger partial charge is 0.207 e. The van der Waals surface area contributed by atoms with E-state index in [0.717, 1.165) is 12.8 Å². The molecule has 0 radical (unpaired) electrons. The Morgan fingerprint density at radius 3 is 2.55 bits per heavy atom. The third-order valence-corrected chi connectivity index (χ3v) is 5.01. The van der Waals surface area contributed by atoms with Gasteiger partial charge in [0.05, 0.1) is 19.8 Å². The second kappa shape index (κ2) is 7.33. The second-order valence-electron chi connectivity index (χ2n) is 6.40. The standard InChI is InChI=1S/C14H27NO5/c1-13(2)12(9-15(16)17)5-6-14(13,3)10-20-11-19-8-7-18-4/h12H,5-11H2,1-4H3/t12-,14+/m1/s1. The van der Waals surface area contributed by atoms with Gasteiger partial charge in [0, 0.05) is 18.0 Å². The first-order valence-electron chi connectivity index (χ1n) is 7.10. The summed E-state index contributed by atoms with van der Waals surface area (Å²) in [5.41, 5.74) is -0.148. The summed E-state index contributed by atoms with van der Waals surface area (Å²) >= 11 is 0. The molecule has 0 aliphatic heterocycles. The molecule has 0 aromatic heterocycles. The molecule has 1 aliphatic carbocycles. The van der Waals surface area contributed by atoms with E-state index in [2.05, 4.69) is 20.8 Å². The SMILES string of the molecule is COCCOCOC[C@]1(C)CC[C@H](C[N+](=O)[O-])C1(C)C. The van der Waals surface area contributed by atoms with E-state index in [1.807, 2.05) is 0 Å². The monoisotopic (exact) mass is 289 g/mol. The molecule has 20 heavy (non-hydrogen) atoms. The molecule has 0 amide bonds. The van der Waals surface area contributed by atoms with Crippen LogP contribution in [0, 0.1) is 26.9 Å². The first-order chi connectivity index (χ1) is 9.33.